The van der Waals surface area contributed by atoms with E-state index in [1.807, 2.05) is 5.32 Å². The van der Waals surface area contributed by atoms with E-state index in [0.29, 0.717) is 11.4 Å². The van der Waals surface area contributed by atoms with E-state index in [-0.39, 0.29) is 6.42 Å². The minimum atomic E-state index is -1.12. The van der Waals surface area contributed by atoms with Gasteiger partial charge in [-0.05, 0) is 24.3 Å². The molecule has 0 fully saturated rings. The molecule has 0 spiro atoms. The van der Waals surface area contributed by atoms with Crippen molar-refractivity contribution in [2.24, 2.45) is 11.5 Å². The highest BCUT2D eigenvalue weighted by Gasteiger charge is 2.16. The first-order valence-corrected chi connectivity index (χ1v) is 5.72. The summed E-state index contributed by atoms with van der Waals surface area (Å²) in [6, 6.07) is 4.68. The van der Waals surface area contributed by atoms with Crippen molar-refractivity contribution in [2.75, 3.05) is 12.4 Å². The van der Waals surface area contributed by atoms with Crippen LogP contribution in [0.5, 0.6) is 5.75 Å². The third-order valence-electron chi connectivity index (χ3n) is 2.37. The zero-order valence-corrected chi connectivity index (χ0v) is 10.9. The van der Waals surface area contributed by atoms with Gasteiger partial charge in [-0.25, -0.2) is 4.79 Å². The highest BCUT2D eigenvalue weighted by molar-refractivity contribution is 6.02. The number of amides is 4. The van der Waals surface area contributed by atoms with E-state index in [4.69, 9.17) is 16.2 Å². The lowest BCUT2D eigenvalue weighted by molar-refractivity contribution is -0.125. The maximum atomic E-state index is 11.5. The molecule has 0 unspecified atom stereocenters. The summed E-state index contributed by atoms with van der Waals surface area (Å²) in [5.74, 6) is -0.863. The molecule has 0 aromatic heterocycles. The Morgan fingerprint density at radius 2 is 1.85 bits per heavy atom. The Hall–Kier alpha value is -2.61. The number of primary amides is 1. The van der Waals surface area contributed by atoms with Crippen molar-refractivity contribution in [1.29, 1.82) is 0 Å². The Bertz CT molecular complexity index is 501. The number of imide groups is 1. The average Bonchev–Trinajstić information content (AvgIpc) is 2.39. The van der Waals surface area contributed by atoms with Gasteiger partial charge in [0.25, 0.3) is 0 Å². The van der Waals surface area contributed by atoms with Crippen LogP contribution in [0.2, 0.25) is 0 Å². The number of hydrogen-bond donors (Lipinski definition) is 4. The highest BCUT2D eigenvalue weighted by Crippen LogP contribution is 2.14. The van der Waals surface area contributed by atoms with Crippen molar-refractivity contribution in [3.05, 3.63) is 24.3 Å². The lowest BCUT2D eigenvalue weighted by Gasteiger charge is -2.09. The molecule has 0 saturated heterocycles. The second-order valence-electron chi connectivity index (χ2n) is 3.94. The van der Waals surface area contributed by atoms with Crippen LogP contribution in [0.15, 0.2) is 24.3 Å². The van der Waals surface area contributed by atoms with Gasteiger partial charge in [0.1, 0.15) is 5.75 Å². The molecular weight excluding hydrogens is 264 g/mol. The molecule has 20 heavy (non-hydrogen) atoms. The number of benzene rings is 1. The molecule has 8 nitrogen and oxygen atoms in total. The SMILES string of the molecule is COc1ccc(NC(=O)NC(=O)C[C@H](N)C(N)=O)cc1. The van der Waals surface area contributed by atoms with E-state index in [2.05, 4.69) is 5.32 Å². The molecule has 8 heteroatoms. The standard InChI is InChI=1S/C12H16N4O4/c1-20-8-4-2-7(3-5-8)15-12(19)16-10(17)6-9(13)11(14)18/h2-5,9H,6,13H2,1H3,(H2,14,18)(H2,15,16,17,19)/t9-/m0/s1. The Morgan fingerprint density at radius 1 is 1.25 bits per heavy atom. The number of carbonyl (C=O) groups is 3. The fraction of sp³-hybridized carbons (Fsp3) is 0.250. The minimum absolute atomic E-state index is 0.356. The molecule has 0 heterocycles. The van der Waals surface area contributed by atoms with Crippen molar-refractivity contribution < 1.29 is 19.1 Å². The summed E-state index contributed by atoms with van der Waals surface area (Å²) in [4.78, 5) is 33.6. The summed E-state index contributed by atoms with van der Waals surface area (Å²) in [6.07, 6.45) is -0.356. The monoisotopic (exact) mass is 280 g/mol. The molecule has 1 aromatic carbocycles. The number of anilines is 1. The zero-order valence-electron chi connectivity index (χ0n) is 10.9. The molecule has 0 radical (unpaired) electrons. The molecule has 0 aliphatic rings. The quantitative estimate of drug-likeness (QED) is 0.578. The van der Waals surface area contributed by atoms with Gasteiger partial charge in [-0.3, -0.25) is 14.9 Å². The first-order chi connectivity index (χ1) is 9.42. The van der Waals surface area contributed by atoms with Crippen LogP contribution in [-0.2, 0) is 9.59 Å². The van der Waals surface area contributed by atoms with Crippen molar-refractivity contribution >= 4 is 23.5 Å². The minimum Gasteiger partial charge on any atom is -0.497 e. The Labute approximate surface area is 115 Å². The van der Waals surface area contributed by atoms with Gasteiger partial charge in [0.05, 0.1) is 19.6 Å². The summed E-state index contributed by atoms with van der Waals surface area (Å²) in [7, 11) is 1.52. The van der Waals surface area contributed by atoms with Gasteiger partial charge in [0, 0.05) is 5.69 Å². The summed E-state index contributed by atoms with van der Waals surface area (Å²) in [5, 5.41) is 4.48. The number of methoxy groups -OCH3 is 1. The summed E-state index contributed by atoms with van der Waals surface area (Å²) in [6.45, 7) is 0. The Morgan fingerprint density at radius 3 is 2.35 bits per heavy atom. The topological polar surface area (TPSA) is 137 Å². The second kappa shape index (κ2) is 7.10. The number of nitrogens with two attached hydrogens (primary N) is 2. The van der Waals surface area contributed by atoms with E-state index in [1.54, 1.807) is 24.3 Å². The lowest BCUT2D eigenvalue weighted by Crippen LogP contribution is -2.43. The van der Waals surface area contributed by atoms with Crippen LogP contribution in [0.25, 0.3) is 0 Å². The predicted octanol–water partition coefficient (Wildman–Crippen LogP) is -0.454. The smallest absolute Gasteiger partial charge is 0.325 e. The maximum Gasteiger partial charge on any atom is 0.325 e. The second-order valence-corrected chi connectivity index (χ2v) is 3.94. The number of rotatable bonds is 5. The Balaban J connectivity index is 2.46. The molecule has 1 atom stereocenters. The van der Waals surface area contributed by atoms with Crippen LogP contribution in [0.3, 0.4) is 0 Å². The summed E-state index contributed by atoms with van der Waals surface area (Å²) >= 11 is 0. The van der Waals surface area contributed by atoms with E-state index >= 15 is 0 Å². The predicted molar refractivity (Wildman–Crippen MR) is 71.9 cm³/mol. The van der Waals surface area contributed by atoms with E-state index in [0.717, 1.165) is 0 Å². The summed E-state index contributed by atoms with van der Waals surface area (Å²) < 4.78 is 4.96. The largest absolute Gasteiger partial charge is 0.497 e. The summed E-state index contributed by atoms with van der Waals surface area (Å²) in [5.41, 5.74) is 10.7. The van der Waals surface area contributed by atoms with Crippen molar-refractivity contribution in [2.45, 2.75) is 12.5 Å². The van der Waals surface area contributed by atoms with E-state index < -0.39 is 23.9 Å². The normalized spacial score (nSPS) is 11.3. The highest BCUT2D eigenvalue weighted by atomic mass is 16.5. The number of carbonyl (C=O) groups excluding carboxylic acids is 3. The molecule has 1 aromatic rings. The Kier molecular flexibility index (Phi) is 5.48. The third kappa shape index (κ3) is 4.94. The third-order valence-corrected chi connectivity index (χ3v) is 2.37. The van der Waals surface area contributed by atoms with E-state index in [9.17, 15) is 14.4 Å². The maximum absolute atomic E-state index is 11.5. The van der Waals surface area contributed by atoms with Gasteiger partial charge >= 0.3 is 6.03 Å². The molecule has 108 valence electrons. The van der Waals surface area contributed by atoms with Crippen LogP contribution in [0.1, 0.15) is 6.42 Å². The first kappa shape index (κ1) is 15.4. The van der Waals surface area contributed by atoms with Crippen LogP contribution < -0.4 is 26.8 Å². The van der Waals surface area contributed by atoms with E-state index in [1.165, 1.54) is 7.11 Å². The molecule has 0 aliphatic carbocycles. The van der Waals surface area contributed by atoms with Crippen molar-refractivity contribution in [3.8, 4) is 5.75 Å². The zero-order chi connectivity index (χ0) is 15.1. The van der Waals surface area contributed by atoms with Gasteiger partial charge in [0.15, 0.2) is 0 Å². The van der Waals surface area contributed by atoms with Gasteiger partial charge in [-0.1, -0.05) is 0 Å². The van der Waals surface area contributed by atoms with Gasteiger partial charge in [-0.2, -0.15) is 0 Å². The van der Waals surface area contributed by atoms with Gasteiger partial charge < -0.3 is 21.5 Å². The van der Waals surface area contributed by atoms with Crippen LogP contribution >= 0.6 is 0 Å². The van der Waals surface area contributed by atoms with Crippen molar-refractivity contribution in [3.63, 3.8) is 0 Å². The first-order valence-electron chi connectivity index (χ1n) is 5.72. The number of hydrogen-bond acceptors (Lipinski definition) is 5. The van der Waals surface area contributed by atoms with Gasteiger partial charge in [0.2, 0.25) is 11.8 Å². The van der Waals surface area contributed by atoms with Crippen LogP contribution in [0.4, 0.5) is 10.5 Å². The molecule has 0 aliphatic heterocycles. The molecule has 4 amide bonds. The molecule has 0 saturated carbocycles. The molecule has 0 bridgehead atoms. The lowest BCUT2D eigenvalue weighted by atomic mass is 10.2. The van der Waals surface area contributed by atoms with Crippen molar-refractivity contribution in [1.82, 2.24) is 5.32 Å². The number of nitrogens with one attached hydrogen (secondary N) is 2. The average molecular weight is 280 g/mol. The fourth-order valence-corrected chi connectivity index (χ4v) is 1.31. The number of urea groups is 1. The fourth-order valence-electron chi connectivity index (χ4n) is 1.31. The van der Waals surface area contributed by atoms with Gasteiger partial charge in [-0.15, -0.1) is 0 Å². The molecular formula is C12H16N4O4. The molecule has 1 rings (SSSR count). The van der Waals surface area contributed by atoms with Crippen LogP contribution in [0, 0.1) is 0 Å². The molecule has 6 N–H and O–H groups in total. The van der Waals surface area contributed by atoms with Crippen LogP contribution in [-0.4, -0.2) is 31.0 Å². The number of ether oxygens (including phenoxy) is 1.